The minimum atomic E-state index is -0.0930. The Labute approximate surface area is 150 Å². The van der Waals surface area contributed by atoms with Crippen LogP contribution in [-0.4, -0.2) is 9.31 Å². The largest absolute Gasteiger partial charge is 0.347 e. The van der Waals surface area contributed by atoms with Gasteiger partial charge in [-0.2, -0.15) is 0 Å². The highest BCUT2D eigenvalue weighted by atomic mass is 32.2. The molecule has 0 spiro atoms. The Kier molecular flexibility index (Phi) is 6.03. The van der Waals surface area contributed by atoms with Gasteiger partial charge in [-0.05, 0) is 55.9 Å². The number of benzene rings is 1. The summed E-state index contributed by atoms with van der Waals surface area (Å²) in [5, 5.41) is 1.03. The molecule has 0 unspecified atom stereocenters. The first kappa shape index (κ1) is 19.3. The van der Waals surface area contributed by atoms with Crippen LogP contribution in [0.5, 0.6) is 0 Å². The van der Waals surface area contributed by atoms with Gasteiger partial charge in [0.15, 0.2) is 0 Å². The second kappa shape index (κ2) is 7.49. The lowest BCUT2D eigenvalue weighted by molar-refractivity contribution is 0.534. The minimum Gasteiger partial charge on any atom is -0.347 e. The third-order valence-corrected chi connectivity index (χ3v) is 4.81. The lowest BCUT2D eigenvalue weighted by atomic mass is 10.0. The molecule has 2 nitrogen and oxygen atoms in total. The van der Waals surface area contributed by atoms with E-state index in [1.165, 1.54) is 0 Å². The van der Waals surface area contributed by atoms with Gasteiger partial charge in [-0.15, -0.1) is 0 Å². The number of rotatable bonds is 6. The molecule has 2 rings (SSSR count). The van der Waals surface area contributed by atoms with Crippen molar-refractivity contribution in [3.05, 3.63) is 35.3 Å². The maximum Gasteiger partial charge on any atom is 0.127 e. The van der Waals surface area contributed by atoms with Crippen molar-refractivity contribution in [2.75, 3.05) is 0 Å². The van der Waals surface area contributed by atoms with E-state index in [0.717, 1.165) is 35.1 Å². The summed E-state index contributed by atoms with van der Waals surface area (Å²) in [5.74, 6) is 0.650. The van der Waals surface area contributed by atoms with Crippen LogP contribution < -0.4 is 4.72 Å². The van der Waals surface area contributed by atoms with Crippen LogP contribution >= 0.6 is 11.9 Å². The highest BCUT2D eigenvalue weighted by molar-refractivity contribution is 7.98. The van der Waals surface area contributed by atoms with E-state index in [1.54, 1.807) is 18.0 Å². The van der Waals surface area contributed by atoms with Crippen molar-refractivity contribution >= 4 is 22.9 Å². The number of hydrogen-bond donors (Lipinski definition) is 1. The van der Waals surface area contributed by atoms with E-state index in [9.17, 15) is 4.39 Å². The second-order valence-corrected chi connectivity index (χ2v) is 10.00. The lowest BCUT2D eigenvalue weighted by Crippen LogP contribution is -2.16. The molecule has 1 heterocycles. The van der Waals surface area contributed by atoms with Crippen LogP contribution in [0.3, 0.4) is 0 Å². The number of fused-ring (bicyclic) bond motifs is 1. The summed E-state index contributed by atoms with van der Waals surface area (Å²) >= 11 is 1.72. The molecule has 0 saturated heterocycles. The Hall–Kier alpha value is -1.00. The lowest BCUT2D eigenvalue weighted by Gasteiger charge is -2.17. The van der Waals surface area contributed by atoms with Gasteiger partial charge in [-0.25, -0.2) is 4.39 Å². The van der Waals surface area contributed by atoms with Gasteiger partial charge in [0.1, 0.15) is 5.82 Å². The van der Waals surface area contributed by atoms with Crippen LogP contribution in [0.15, 0.2) is 18.3 Å². The molecule has 1 aromatic heterocycles. The Bertz CT molecular complexity index is 696. The Morgan fingerprint density at radius 2 is 1.83 bits per heavy atom. The van der Waals surface area contributed by atoms with Crippen molar-refractivity contribution in [1.82, 2.24) is 9.29 Å². The maximum absolute atomic E-state index is 14.5. The maximum atomic E-state index is 14.5. The van der Waals surface area contributed by atoms with Crippen molar-refractivity contribution in [3.8, 4) is 0 Å². The van der Waals surface area contributed by atoms with Gasteiger partial charge in [0.25, 0.3) is 0 Å². The monoisotopic (exact) mass is 350 g/mol. The fourth-order valence-corrected chi connectivity index (χ4v) is 3.52. The minimum absolute atomic E-state index is 0.0930. The molecule has 4 heteroatoms. The summed E-state index contributed by atoms with van der Waals surface area (Å²) in [6, 6.07) is 3.76. The summed E-state index contributed by atoms with van der Waals surface area (Å²) in [6.07, 6.45) is 2.18. The van der Waals surface area contributed by atoms with Crippen molar-refractivity contribution in [3.63, 3.8) is 0 Å². The van der Waals surface area contributed by atoms with Crippen LogP contribution in [0.2, 0.25) is 0 Å². The molecule has 1 aromatic carbocycles. The average molecular weight is 351 g/mol. The van der Waals surface area contributed by atoms with Gasteiger partial charge in [0, 0.05) is 34.9 Å². The van der Waals surface area contributed by atoms with E-state index in [-0.39, 0.29) is 16.5 Å². The van der Waals surface area contributed by atoms with E-state index in [0.29, 0.717) is 5.92 Å². The average Bonchev–Trinajstić information content (AvgIpc) is 2.73. The van der Waals surface area contributed by atoms with Crippen molar-refractivity contribution in [2.24, 2.45) is 5.92 Å². The third-order valence-electron chi connectivity index (χ3n) is 3.91. The van der Waals surface area contributed by atoms with Gasteiger partial charge < -0.3 is 4.57 Å². The van der Waals surface area contributed by atoms with E-state index in [2.05, 4.69) is 50.1 Å². The molecule has 134 valence electrons. The first-order valence-electron chi connectivity index (χ1n) is 8.80. The van der Waals surface area contributed by atoms with Crippen molar-refractivity contribution in [2.45, 2.75) is 72.2 Å². The Morgan fingerprint density at radius 3 is 2.38 bits per heavy atom. The third kappa shape index (κ3) is 4.76. The van der Waals surface area contributed by atoms with E-state index < -0.39 is 0 Å². The van der Waals surface area contributed by atoms with Crippen LogP contribution in [0.4, 0.5) is 4.39 Å². The molecule has 0 aliphatic heterocycles. The molecule has 0 amide bonds. The predicted molar refractivity (Wildman–Crippen MR) is 105 cm³/mol. The fourth-order valence-electron chi connectivity index (χ4n) is 2.86. The topological polar surface area (TPSA) is 17.0 Å². The van der Waals surface area contributed by atoms with E-state index in [1.807, 2.05) is 19.9 Å². The number of halogens is 1. The van der Waals surface area contributed by atoms with Crippen molar-refractivity contribution in [1.29, 1.82) is 0 Å². The van der Waals surface area contributed by atoms with Gasteiger partial charge >= 0.3 is 0 Å². The summed E-state index contributed by atoms with van der Waals surface area (Å²) in [4.78, 5) is 0. The molecular weight excluding hydrogens is 319 g/mol. The normalized spacial score (nSPS) is 12.8. The Morgan fingerprint density at radius 1 is 1.17 bits per heavy atom. The van der Waals surface area contributed by atoms with Gasteiger partial charge in [-0.3, -0.25) is 4.72 Å². The first-order chi connectivity index (χ1) is 11.1. The number of nitrogens with one attached hydrogen (secondary N) is 1. The molecule has 0 atom stereocenters. The molecule has 24 heavy (non-hydrogen) atoms. The number of nitrogens with zero attached hydrogens (tertiary/aromatic N) is 1. The van der Waals surface area contributed by atoms with Crippen molar-refractivity contribution < 1.29 is 4.39 Å². The Balaban J connectivity index is 2.42. The molecular formula is C20H31FN2S. The van der Waals surface area contributed by atoms with Crippen LogP contribution in [0.25, 0.3) is 10.9 Å². The molecule has 0 bridgehead atoms. The van der Waals surface area contributed by atoms with E-state index >= 15 is 0 Å². The van der Waals surface area contributed by atoms with Gasteiger partial charge in [-0.1, -0.05) is 39.6 Å². The molecule has 0 saturated carbocycles. The zero-order valence-corrected chi connectivity index (χ0v) is 16.9. The SMILES string of the molecule is CC(C)Cn1cc(CNSC(C)(C)C)c2cc(F)c(C(C)C)cc21. The molecule has 0 fully saturated rings. The van der Waals surface area contributed by atoms with Gasteiger partial charge in [0.05, 0.1) is 0 Å². The summed E-state index contributed by atoms with van der Waals surface area (Å²) < 4.78 is 20.4. The smallest absolute Gasteiger partial charge is 0.127 e. The summed E-state index contributed by atoms with van der Waals surface area (Å²) in [7, 11) is 0. The molecule has 2 aromatic rings. The fraction of sp³-hybridized carbons (Fsp3) is 0.600. The first-order valence-corrected chi connectivity index (χ1v) is 9.62. The second-order valence-electron chi connectivity index (χ2n) is 8.28. The molecule has 1 N–H and O–H groups in total. The van der Waals surface area contributed by atoms with Gasteiger partial charge in [0.2, 0.25) is 0 Å². The highest BCUT2D eigenvalue weighted by Gasteiger charge is 2.16. The summed E-state index contributed by atoms with van der Waals surface area (Å²) in [5.41, 5.74) is 3.11. The molecule has 0 aliphatic rings. The number of aromatic nitrogens is 1. The number of hydrogen-bond acceptors (Lipinski definition) is 2. The van der Waals surface area contributed by atoms with Crippen LogP contribution in [-0.2, 0) is 13.1 Å². The molecule has 0 aliphatic carbocycles. The van der Waals surface area contributed by atoms with E-state index in [4.69, 9.17) is 0 Å². The van der Waals surface area contributed by atoms with Crippen LogP contribution in [0.1, 0.15) is 65.5 Å². The predicted octanol–water partition coefficient (Wildman–Crippen LogP) is 6.10. The van der Waals surface area contributed by atoms with Crippen LogP contribution in [0, 0.1) is 11.7 Å². The standard InChI is InChI=1S/C20H31FN2S/c1-13(2)11-23-12-15(10-22-24-20(5,6)7)17-8-18(21)16(14(3)4)9-19(17)23/h8-9,12-14,22H,10-11H2,1-7H3. The zero-order chi connectivity index (χ0) is 18.1. The highest BCUT2D eigenvalue weighted by Crippen LogP contribution is 2.30. The summed E-state index contributed by atoms with van der Waals surface area (Å²) in [6.45, 7) is 16.8. The quantitative estimate of drug-likeness (QED) is 0.634. The zero-order valence-electron chi connectivity index (χ0n) is 16.0. The molecule has 0 radical (unpaired) electrons.